The van der Waals surface area contributed by atoms with Gasteiger partial charge >= 0.3 is 0 Å². The highest BCUT2D eigenvalue weighted by Crippen LogP contribution is 2.28. The van der Waals surface area contributed by atoms with Crippen molar-refractivity contribution in [1.29, 1.82) is 0 Å². The molecule has 0 amide bonds. The van der Waals surface area contributed by atoms with Crippen LogP contribution in [-0.4, -0.2) is 18.6 Å². The fourth-order valence-electron chi connectivity index (χ4n) is 2.12. The first-order valence-corrected chi connectivity index (χ1v) is 6.13. The molecule has 1 fully saturated rings. The minimum absolute atomic E-state index is 0.00559. The zero-order chi connectivity index (χ0) is 10.4. The molecule has 2 heteroatoms. The van der Waals surface area contributed by atoms with Crippen LogP contribution in [0.5, 0.6) is 0 Å². The highest BCUT2D eigenvalue weighted by atomic mass is 14.9. The molecule has 1 rings (SSSR count). The summed E-state index contributed by atoms with van der Waals surface area (Å²) in [6.07, 6.45) is 8.01. The summed E-state index contributed by atoms with van der Waals surface area (Å²) >= 11 is 0. The van der Waals surface area contributed by atoms with Gasteiger partial charge in [0.2, 0.25) is 0 Å². The number of nitrogens with one attached hydrogen (secondary N) is 1. The molecule has 2 nitrogen and oxygen atoms in total. The Bertz CT molecular complexity index is 150. The molecular weight excluding hydrogens is 172 g/mol. The molecule has 1 aliphatic rings. The Hall–Kier alpha value is -0.0800. The molecule has 14 heavy (non-hydrogen) atoms. The van der Waals surface area contributed by atoms with E-state index in [1.54, 1.807) is 0 Å². The summed E-state index contributed by atoms with van der Waals surface area (Å²) < 4.78 is 0. The zero-order valence-electron chi connectivity index (χ0n) is 9.81. The topological polar surface area (TPSA) is 38.0 Å². The summed E-state index contributed by atoms with van der Waals surface area (Å²) in [7, 11) is 0. The molecule has 3 N–H and O–H groups in total. The molecule has 0 bridgehead atoms. The molecule has 0 aromatic carbocycles. The summed E-state index contributed by atoms with van der Waals surface area (Å²) in [5, 5.41) is 3.48. The largest absolute Gasteiger partial charge is 0.324 e. The maximum atomic E-state index is 6.13. The minimum Gasteiger partial charge on any atom is -0.324 e. The maximum Gasteiger partial charge on any atom is 0.0252 e. The average molecular weight is 198 g/mol. The molecule has 84 valence electrons. The molecule has 1 unspecified atom stereocenters. The van der Waals surface area contributed by atoms with Gasteiger partial charge in [-0.3, -0.25) is 0 Å². The van der Waals surface area contributed by atoms with Crippen LogP contribution in [0, 0.1) is 5.92 Å². The summed E-state index contributed by atoms with van der Waals surface area (Å²) in [5.41, 5.74) is 6.12. The van der Waals surface area contributed by atoms with Gasteiger partial charge in [-0.25, -0.2) is 0 Å². The van der Waals surface area contributed by atoms with E-state index >= 15 is 0 Å². The lowest BCUT2D eigenvalue weighted by Crippen LogP contribution is -2.46. The monoisotopic (exact) mass is 198 g/mol. The van der Waals surface area contributed by atoms with Gasteiger partial charge < -0.3 is 11.1 Å². The van der Waals surface area contributed by atoms with Crippen molar-refractivity contribution in [3.8, 4) is 0 Å². The minimum atomic E-state index is -0.00559. The van der Waals surface area contributed by atoms with Crippen LogP contribution < -0.4 is 11.1 Å². The standard InChI is InChI=1S/C12H26N2/c1-3-8-12(2,13)10-14-9-7-11-5-4-6-11/h11,14H,3-10,13H2,1-2H3. The Balaban J connectivity index is 1.96. The molecule has 0 spiro atoms. The van der Waals surface area contributed by atoms with E-state index in [9.17, 15) is 0 Å². The SMILES string of the molecule is CCCC(C)(N)CNCCC1CCC1. The van der Waals surface area contributed by atoms with Gasteiger partial charge in [0.05, 0.1) is 0 Å². The Labute approximate surface area is 88.6 Å². The van der Waals surface area contributed by atoms with Crippen LogP contribution in [0.3, 0.4) is 0 Å². The van der Waals surface area contributed by atoms with Crippen molar-refractivity contribution < 1.29 is 0 Å². The van der Waals surface area contributed by atoms with Crippen molar-refractivity contribution in [2.24, 2.45) is 11.7 Å². The zero-order valence-corrected chi connectivity index (χ0v) is 9.81. The van der Waals surface area contributed by atoms with Crippen molar-refractivity contribution in [1.82, 2.24) is 5.32 Å². The Kier molecular flexibility index (Phi) is 4.90. The second-order valence-corrected chi connectivity index (χ2v) is 5.17. The molecule has 0 aromatic heterocycles. The van der Waals surface area contributed by atoms with E-state index in [1.165, 1.54) is 32.1 Å². The van der Waals surface area contributed by atoms with Crippen LogP contribution in [-0.2, 0) is 0 Å². The third-order valence-corrected chi connectivity index (χ3v) is 3.30. The Morgan fingerprint density at radius 3 is 2.64 bits per heavy atom. The Morgan fingerprint density at radius 1 is 1.43 bits per heavy atom. The summed E-state index contributed by atoms with van der Waals surface area (Å²) in [5.74, 6) is 1.01. The van der Waals surface area contributed by atoms with Gasteiger partial charge in [0.1, 0.15) is 0 Å². The molecule has 0 radical (unpaired) electrons. The van der Waals surface area contributed by atoms with Crippen molar-refractivity contribution >= 4 is 0 Å². The van der Waals surface area contributed by atoms with E-state index in [1.807, 2.05) is 0 Å². The van der Waals surface area contributed by atoms with Crippen molar-refractivity contribution in [3.63, 3.8) is 0 Å². The van der Waals surface area contributed by atoms with Gasteiger partial charge in [0, 0.05) is 12.1 Å². The summed E-state index contributed by atoms with van der Waals surface area (Å²) in [6.45, 7) is 6.46. The third kappa shape index (κ3) is 4.43. The highest BCUT2D eigenvalue weighted by Gasteiger charge is 2.18. The molecule has 1 saturated carbocycles. The molecule has 0 aromatic rings. The van der Waals surface area contributed by atoms with Crippen LogP contribution in [0.25, 0.3) is 0 Å². The van der Waals surface area contributed by atoms with Crippen molar-refractivity contribution in [2.45, 2.75) is 57.9 Å². The van der Waals surface area contributed by atoms with E-state index in [0.29, 0.717) is 0 Å². The quantitative estimate of drug-likeness (QED) is 0.616. The van der Waals surface area contributed by atoms with E-state index in [2.05, 4.69) is 19.2 Å². The van der Waals surface area contributed by atoms with Crippen LogP contribution in [0.1, 0.15) is 52.4 Å². The Morgan fingerprint density at radius 2 is 2.14 bits per heavy atom. The fourth-order valence-corrected chi connectivity index (χ4v) is 2.12. The first kappa shape index (κ1) is 12.0. The predicted octanol–water partition coefficient (Wildman–Crippen LogP) is 2.28. The second kappa shape index (κ2) is 5.72. The summed E-state index contributed by atoms with van der Waals surface area (Å²) in [6, 6.07) is 0. The van der Waals surface area contributed by atoms with Gasteiger partial charge in [0.25, 0.3) is 0 Å². The van der Waals surface area contributed by atoms with Gasteiger partial charge in [-0.05, 0) is 32.2 Å². The van der Waals surface area contributed by atoms with E-state index < -0.39 is 0 Å². The lowest BCUT2D eigenvalue weighted by Gasteiger charge is -2.27. The van der Waals surface area contributed by atoms with E-state index in [-0.39, 0.29) is 5.54 Å². The molecule has 1 aliphatic carbocycles. The number of hydrogen-bond donors (Lipinski definition) is 2. The average Bonchev–Trinajstić information content (AvgIpc) is 2.00. The maximum absolute atomic E-state index is 6.13. The van der Waals surface area contributed by atoms with E-state index in [4.69, 9.17) is 5.73 Å². The van der Waals surface area contributed by atoms with Crippen molar-refractivity contribution in [2.75, 3.05) is 13.1 Å². The molecule has 1 atom stereocenters. The second-order valence-electron chi connectivity index (χ2n) is 5.17. The lowest BCUT2D eigenvalue weighted by atomic mass is 9.83. The van der Waals surface area contributed by atoms with Crippen LogP contribution in [0.4, 0.5) is 0 Å². The fraction of sp³-hybridized carbons (Fsp3) is 1.00. The van der Waals surface area contributed by atoms with Gasteiger partial charge in [-0.15, -0.1) is 0 Å². The van der Waals surface area contributed by atoms with Crippen LogP contribution >= 0.6 is 0 Å². The lowest BCUT2D eigenvalue weighted by molar-refractivity contribution is 0.286. The van der Waals surface area contributed by atoms with Crippen LogP contribution in [0.15, 0.2) is 0 Å². The summed E-state index contributed by atoms with van der Waals surface area (Å²) in [4.78, 5) is 0. The van der Waals surface area contributed by atoms with Gasteiger partial charge in [-0.1, -0.05) is 32.6 Å². The van der Waals surface area contributed by atoms with Crippen LogP contribution in [0.2, 0.25) is 0 Å². The number of rotatable bonds is 7. The molecule has 0 aliphatic heterocycles. The first-order chi connectivity index (χ1) is 6.64. The first-order valence-electron chi connectivity index (χ1n) is 6.13. The number of hydrogen-bond acceptors (Lipinski definition) is 2. The normalized spacial score (nSPS) is 21.6. The van der Waals surface area contributed by atoms with Gasteiger partial charge in [0.15, 0.2) is 0 Å². The molecular formula is C12H26N2. The smallest absolute Gasteiger partial charge is 0.0252 e. The third-order valence-electron chi connectivity index (χ3n) is 3.30. The molecule has 0 heterocycles. The molecule has 0 saturated heterocycles. The highest BCUT2D eigenvalue weighted by molar-refractivity contribution is 4.81. The number of nitrogens with two attached hydrogens (primary N) is 1. The van der Waals surface area contributed by atoms with Crippen molar-refractivity contribution in [3.05, 3.63) is 0 Å². The predicted molar refractivity (Wildman–Crippen MR) is 62.3 cm³/mol. The van der Waals surface area contributed by atoms with Gasteiger partial charge in [-0.2, -0.15) is 0 Å². The van der Waals surface area contributed by atoms with E-state index in [0.717, 1.165) is 25.4 Å².